The van der Waals surface area contributed by atoms with Gasteiger partial charge < -0.3 is 10.1 Å². The molecule has 3 rings (SSSR count). The highest BCUT2D eigenvalue weighted by Crippen LogP contribution is 2.19. The zero-order chi connectivity index (χ0) is 20.8. The predicted octanol–water partition coefficient (Wildman–Crippen LogP) is 3.11. The Hall–Kier alpha value is -3.74. The molecule has 148 valence electrons. The number of para-hydroxylation sites is 1. The number of fused-ring (bicyclic) bond motifs is 1. The van der Waals surface area contributed by atoms with Gasteiger partial charge in [0.1, 0.15) is 0 Å². The highest BCUT2D eigenvalue weighted by Gasteiger charge is 2.22. The number of rotatable bonds is 5. The zero-order valence-corrected chi connectivity index (χ0v) is 16.1. The number of aryl methyl sites for hydroxylation is 1. The van der Waals surface area contributed by atoms with Crippen molar-refractivity contribution >= 4 is 28.8 Å². The van der Waals surface area contributed by atoms with E-state index in [0.717, 1.165) is 5.56 Å². The van der Waals surface area contributed by atoms with Crippen LogP contribution < -0.4 is 10.6 Å². The molecule has 7 heteroatoms. The molecule has 0 fully saturated rings. The van der Waals surface area contributed by atoms with Crippen LogP contribution in [0.1, 0.15) is 28.5 Å². The average molecular weight is 391 g/mol. The fourth-order valence-electron chi connectivity index (χ4n) is 2.79. The van der Waals surface area contributed by atoms with E-state index in [1.54, 1.807) is 31.2 Å². The summed E-state index contributed by atoms with van der Waals surface area (Å²) in [5.41, 5.74) is 2.54. The summed E-state index contributed by atoms with van der Waals surface area (Å²) in [6.45, 7) is 3.46. The SMILES string of the molecule is Cc1cc(C(=O)O[C@@H](C)C(=O)NC(=O)NCc2ccccc2)c2ccccc2n1. The summed E-state index contributed by atoms with van der Waals surface area (Å²) in [6, 6.07) is 17.4. The first-order chi connectivity index (χ1) is 13.9. The quantitative estimate of drug-likeness (QED) is 0.652. The third-order valence-corrected chi connectivity index (χ3v) is 4.25. The van der Waals surface area contributed by atoms with Gasteiger partial charge >= 0.3 is 12.0 Å². The number of esters is 1. The van der Waals surface area contributed by atoms with Gasteiger partial charge in [-0.05, 0) is 31.5 Å². The van der Waals surface area contributed by atoms with Crippen molar-refractivity contribution in [2.75, 3.05) is 0 Å². The molecule has 7 nitrogen and oxygen atoms in total. The van der Waals surface area contributed by atoms with Gasteiger partial charge in [-0.25, -0.2) is 9.59 Å². The van der Waals surface area contributed by atoms with E-state index in [4.69, 9.17) is 4.74 Å². The molecule has 0 saturated heterocycles. The molecule has 1 atom stereocenters. The van der Waals surface area contributed by atoms with E-state index in [9.17, 15) is 14.4 Å². The lowest BCUT2D eigenvalue weighted by Gasteiger charge is -2.14. The lowest BCUT2D eigenvalue weighted by Crippen LogP contribution is -2.44. The van der Waals surface area contributed by atoms with E-state index in [1.807, 2.05) is 36.4 Å². The summed E-state index contributed by atoms with van der Waals surface area (Å²) < 4.78 is 5.27. The Morgan fingerprint density at radius 1 is 1.03 bits per heavy atom. The molecule has 0 aliphatic carbocycles. The molecule has 2 N–H and O–H groups in total. The number of imide groups is 1. The minimum atomic E-state index is -1.14. The van der Waals surface area contributed by atoms with E-state index in [-0.39, 0.29) is 6.54 Å². The third-order valence-electron chi connectivity index (χ3n) is 4.25. The van der Waals surface area contributed by atoms with Gasteiger partial charge in [0.2, 0.25) is 0 Å². The Balaban J connectivity index is 1.59. The van der Waals surface area contributed by atoms with Crippen LogP contribution in [0.4, 0.5) is 4.79 Å². The van der Waals surface area contributed by atoms with Gasteiger partial charge in [-0.1, -0.05) is 48.5 Å². The second kappa shape index (κ2) is 8.97. The van der Waals surface area contributed by atoms with Crippen LogP contribution in [-0.4, -0.2) is 29.0 Å². The minimum Gasteiger partial charge on any atom is -0.449 e. The Morgan fingerprint density at radius 3 is 2.48 bits per heavy atom. The van der Waals surface area contributed by atoms with Crippen LogP contribution in [0, 0.1) is 6.92 Å². The second-order valence-electron chi connectivity index (χ2n) is 6.53. The largest absolute Gasteiger partial charge is 0.449 e. The number of aromatic nitrogens is 1. The Kier molecular flexibility index (Phi) is 6.19. The number of urea groups is 1. The molecular weight excluding hydrogens is 370 g/mol. The van der Waals surface area contributed by atoms with Gasteiger partial charge in [0.05, 0.1) is 11.1 Å². The number of nitrogens with zero attached hydrogens (tertiary/aromatic N) is 1. The highest BCUT2D eigenvalue weighted by molar-refractivity contribution is 6.05. The minimum absolute atomic E-state index is 0.274. The molecule has 0 unspecified atom stereocenters. The van der Waals surface area contributed by atoms with Crippen molar-refractivity contribution in [3.63, 3.8) is 0 Å². The summed E-state index contributed by atoms with van der Waals surface area (Å²) >= 11 is 0. The molecule has 1 aromatic heterocycles. The molecule has 0 spiro atoms. The summed E-state index contributed by atoms with van der Waals surface area (Å²) in [7, 11) is 0. The van der Waals surface area contributed by atoms with Crippen molar-refractivity contribution in [2.24, 2.45) is 0 Å². The molecule has 0 radical (unpaired) electrons. The Labute approximate surface area is 168 Å². The number of carbonyl (C=O) groups is 3. The van der Waals surface area contributed by atoms with Crippen molar-refractivity contribution in [1.82, 2.24) is 15.6 Å². The van der Waals surface area contributed by atoms with Gasteiger partial charge in [-0.15, -0.1) is 0 Å². The number of pyridine rings is 1. The van der Waals surface area contributed by atoms with Crippen molar-refractivity contribution in [2.45, 2.75) is 26.5 Å². The topological polar surface area (TPSA) is 97.4 Å². The standard InChI is InChI=1S/C22H21N3O4/c1-14-12-18(17-10-6-7-11-19(17)24-14)21(27)29-15(2)20(26)25-22(28)23-13-16-8-4-3-5-9-16/h3-12,15H,13H2,1-2H3,(H2,23,25,26,28)/t15-/m0/s1. The normalized spacial score (nSPS) is 11.5. The summed E-state index contributed by atoms with van der Waals surface area (Å²) in [5, 5.41) is 5.39. The Morgan fingerprint density at radius 2 is 1.72 bits per heavy atom. The third kappa shape index (κ3) is 5.16. The molecule has 1 heterocycles. The van der Waals surface area contributed by atoms with Crippen molar-refractivity contribution < 1.29 is 19.1 Å². The maximum absolute atomic E-state index is 12.6. The van der Waals surface area contributed by atoms with E-state index in [1.165, 1.54) is 6.92 Å². The Bertz CT molecular complexity index is 1050. The van der Waals surface area contributed by atoms with E-state index in [2.05, 4.69) is 15.6 Å². The number of nitrogens with one attached hydrogen (secondary N) is 2. The highest BCUT2D eigenvalue weighted by atomic mass is 16.5. The smallest absolute Gasteiger partial charge is 0.339 e. The molecular formula is C22H21N3O4. The van der Waals surface area contributed by atoms with E-state index < -0.39 is 24.0 Å². The molecule has 3 amide bonds. The second-order valence-corrected chi connectivity index (χ2v) is 6.53. The molecule has 0 bridgehead atoms. The lowest BCUT2D eigenvalue weighted by atomic mass is 10.1. The van der Waals surface area contributed by atoms with Crippen LogP contribution in [0.2, 0.25) is 0 Å². The summed E-state index contributed by atoms with van der Waals surface area (Å²) in [4.78, 5) is 41.1. The predicted molar refractivity (Wildman–Crippen MR) is 108 cm³/mol. The van der Waals surface area contributed by atoms with Crippen molar-refractivity contribution in [1.29, 1.82) is 0 Å². The first-order valence-corrected chi connectivity index (χ1v) is 9.14. The molecule has 2 aromatic carbocycles. The fourth-order valence-corrected chi connectivity index (χ4v) is 2.79. The van der Waals surface area contributed by atoms with Crippen molar-refractivity contribution in [3.8, 4) is 0 Å². The number of benzene rings is 2. The number of carbonyl (C=O) groups excluding carboxylic acids is 3. The van der Waals surface area contributed by atoms with Crippen LogP contribution in [0.25, 0.3) is 10.9 Å². The van der Waals surface area contributed by atoms with Crippen LogP contribution in [-0.2, 0) is 16.1 Å². The average Bonchev–Trinajstić information content (AvgIpc) is 2.72. The number of hydrogen-bond donors (Lipinski definition) is 2. The lowest BCUT2D eigenvalue weighted by molar-refractivity contribution is -0.127. The first kappa shape index (κ1) is 20.0. The maximum atomic E-state index is 12.6. The molecule has 0 aliphatic heterocycles. The van der Waals surface area contributed by atoms with Crippen molar-refractivity contribution in [3.05, 3.63) is 77.5 Å². The fraction of sp³-hybridized carbons (Fsp3) is 0.182. The van der Waals surface area contributed by atoms with Crippen LogP contribution in [0.3, 0.4) is 0 Å². The van der Waals surface area contributed by atoms with Gasteiger partial charge in [0.15, 0.2) is 6.10 Å². The monoisotopic (exact) mass is 391 g/mol. The summed E-state index contributed by atoms with van der Waals surface area (Å²) in [6.07, 6.45) is -1.14. The maximum Gasteiger partial charge on any atom is 0.339 e. The molecule has 3 aromatic rings. The zero-order valence-electron chi connectivity index (χ0n) is 16.1. The van der Waals surface area contributed by atoms with Gasteiger partial charge in [-0.3, -0.25) is 15.1 Å². The van der Waals surface area contributed by atoms with Gasteiger partial charge in [-0.2, -0.15) is 0 Å². The molecule has 0 aliphatic rings. The van der Waals surface area contributed by atoms with Crippen LogP contribution in [0.15, 0.2) is 60.7 Å². The molecule has 0 saturated carbocycles. The number of amides is 3. The van der Waals surface area contributed by atoms with E-state index in [0.29, 0.717) is 22.2 Å². The summed E-state index contributed by atoms with van der Waals surface area (Å²) in [5.74, 6) is -1.36. The van der Waals surface area contributed by atoms with E-state index >= 15 is 0 Å². The van der Waals surface area contributed by atoms with Gasteiger partial charge in [0.25, 0.3) is 5.91 Å². The first-order valence-electron chi connectivity index (χ1n) is 9.14. The number of hydrogen-bond acceptors (Lipinski definition) is 5. The number of ether oxygens (including phenoxy) is 1. The molecule has 29 heavy (non-hydrogen) atoms. The van der Waals surface area contributed by atoms with Crippen LogP contribution in [0.5, 0.6) is 0 Å². The van der Waals surface area contributed by atoms with Crippen LogP contribution >= 0.6 is 0 Å². The van der Waals surface area contributed by atoms with Gasteiger partial charge in [0, 0.05) is 17.6 Å².